The summed E-state index contributed by atoms with van der Waals surface area (Å²) in [6.45, 7) is 11.2. The van der Waals surface area contributed by atoms with Gasteiger partial charge in [0.25, 0.3) is 5.91 Å². The van der Waals surface area contributed by atoms with Crippen molar-refractivity contribution in [1.29, 1.82) is 0 Å². The number of rotatable bonds is 7. The number of hydrogen-bond donors (Lipinski definition) is 1. The van der Waals surface area contributed by atoms with Crippen molar-refractivity contribution in [2.24, 2.45) is 0 Å². The lowest BCUT2D eigenvalue weighted by Gasteiger charge is -2.36. The summed E-state index contributed by atoms with van der Waals surface area (Å²) < 4.78 is 10.4. The molecule has 1 heterocycles. The van der Waals surface area contributed by atoms with Crippen molar-refractivity contribution < 1.29 is 28.7 Å². The number of ether oxygens (including phenoxy) is 2. The SMILES string of the molecule is CCOC(=O)CN(C(C)=O)c1ccc(NC(=O)c2ccc(N3CCN(C(=O)OC(C)(C)C)CC3)cc2)cc1. The van der Waals surface area contributed by atoms with Crippen LogP contribution in [0.4, 0.5) is 21.9 Å². The Morgan fingerprint density at radius 2 is 1.53 bits per heavy atom. The van der Waals surface area contributed by atoms with Crippen LogP contribution in [-0.4, -0.2) is 73.7 Å². The van der Waals surface area contributed by atoms with Gasteiger partial charge in [0.05, 0.1) is 6.61 Å². The highest BCUT2D eigenvalue weighted by Gasteiger charge is 2.26. The van der Waals surface area contributed by atoms with Crippen molar-refractivity contribution in [3.8, 4) is 0 Å². The molecule has 1 fully saturated rings. The third-order valence-corrected chi connectivity index (χ3v) is 5.84. The zero-order valence-corrected chi connectivity index (χ0v) is 22.7. The van der Waals surface area contributed by atoms with Crippen molar-refractivity contribution in [2.75, 3.05) is 54.4 Å². The number of hydrogen-bond acceptors (Lipinski definition) is 7. The molecule has 3 amide bonds. The van der Waals surface area contributed by atoms with E-state index in [0.717, 1.165) is 5.69 Å². The summed E-state index contributed by atoms with van der Waals surface area (Å²) in [6.07, 6.45) is -0.301. The maximum Gasteiger partial charge on any atom is 0.410 e. The number of benzene rings is 2. The van der Waals surface area contributed by atoms with Crippen LogP contribution in [0.25, 0.3) is 0 Å². The highest BCUT2D eigenvalue weighted by atomic mass is 16.6. The molecule has 2 aromatic carbocycles. The van der Waals surface area contributed by atoms with Gasteiger partial charge in [0.15, 0.2) is 0 Å². The van der Waals surface area contributed by atoms with Crippen LogP contribution < -0.4 is 15.1 Å². The Balaban J connectivity index is 1.55. The summed E-state index contributed by atoms with van der Waals surface area (Å²) in [5, 5.41) is 2.84. The van der Waals surface area contributed by atoms with Crippen LogP contribution in [0.5, 0.6) is 0 Å². The second-order valence-corrected chi connectivity index (χ2v) is 9.91. The van der Waals surface area contributed by atoms with Gasteiger partial charge >= 0.3 is 12.1 Å². The first kappa shape index (κ1) is 28.5. The molecule has 10 nitrogen and oxygen atoms in total. The van der Waals surface area contributed by atoms with E-state index in [4.69, 9.17) is 9.47 Å². The highest BCUT2D eigenvalue weighted by Crippen LogP contribution is 2.21. The summed E-state index contributed by atoms with van der Waals surface area (Å²) in [7, 11) is 0. The van der Waals surface area contributed by atoms with Crippen LogP contribution in [-0.2, 0) is 19.1 Å². The molecule has 3 rings (SSSR count). The average molecular weight is 525 g/mol. The van der Waals surface area contributed by atoms with E-state index in [2.05, 4.69) is 10.2 Å². The van der Waals surface area contributed by atoms with E-state index >= 15 is 0 Å². The Morgan fingerprint density at radius 3 is 2.05 bits per heavy atom. The standard InChI is InChI=1S/C28H36N4O6/c1-6-37-25(34)19-32(20(2)33)24-13-9-22(10-14-24)29-26(35)21-7-11-23(12-8-21)30-15-17-31(18-16-30)27(36)38-28(3,4)5/h7-14H,6,15-19H2,1-5H3,(H,29,35). The monoisotopic (exact) mass is 524 g/mol. The lowest BCUT2D eigenvalue weighted by atomic mass is 10.1. The highest BCUT2D eigenvalue weighted by molar-refractivity contribution is 6.04. The molecule has 2 aromatic rings. The molecule has 1 aliphatic rings. The fraction of sp³-hybridized carbons (Fsp3) is 0.429. The molecule has 0 unspecified atom stereocenters. The lowest BCUT2D eigenvalue weighted by molar-refractivity contribution is -0.142. The van der Waals surface area contributed by atoms with E-state index in [1.54, 1.807) is 48.2 Å². The Bertz CT molecular complexity index is 1130. The molecule has 0 aromatic heterocycles. The first-order valence-electron chi connectivity index (χ1n) is 12.6. The summed E-state index contributed by atoms with van der Waals surface area (Å²) in [5.74, 6) is -1.05. The number of anilines is 3. The van der Waals surface area contributed by atoms with Gasteiger partial charge in [-0.25, -0.2) is 4.79 Å². The van der Waals surface area contributed by atoms with Crippen molar-refractivity contribution in [3.05, 3.63) is 54.1 Å². The van der Waals surface area contributed by atoms with E-state index in [-0.39, 0.29) is 31.1 Å². The van der Waals surface area contributed by atoms with Crippen LogP contribution in [0.2, 0.25) is 0 Å². The molecule has 0 bridgehead atoms. The average Bonchev–Trinajstić information content (AvgIpc) is 2.87. The molecule has 0 saturated carbocycles. The second-order valence-electron chi connectivity index (χ2n) is 9.91. The molecule has 0 aliphatic carbocycles. The third-order valence-electron chi connectivity index (χ3n) is 5.84. The Morgan fingerprint density at radius 1 is 0.921 bits per heavy atom. The molecule has 0 atom stereocenters. The molecular weight excluding hydrogens is 488 g/mol. The Labute approximate surface area is 223 Å². The molecule has 0 spiro atoms. The number of piperazine rings is 1. The third kappa shape index (κ3) is 7.96. The van der Waals surface area contributed by atoms with Crippen LogP contribution in [0.3, 0.4) is 0 Å². The Hall–Kier alpha value is -4.08. The van der Waals surface area contributed by atoms with Gasteiger partial charge in [0.1, 0.15) is 12.1 Å². The van der Waals surface area contributed by atoms with Gasteiger partial charge in [-0.2, -0.15) is 0 Å². The molecular formula is C28H36N4O6. The fourth-order valence-electron chi connectivity index (χ4n) is 3.95. The van der Waals surface area contributed by atoms with E-state index < -0.39 is 11.6 Å². The number of nitrogens with zero attached hydrogens (tertiary/aromatic N) is 3. The van der Waals surface area contributed by atoms with E-state index in [0.29, 0.717) is 43.1 Å². The predicted molar refractivity (Wildman–Crippen MR) is 146 cm³/mol. The summed E-state index contributed by atoms with van der Waals surface area (Å²) in [4.78, 5) is 54.0. The van der Waals surface area contributed by atoms with Crippen molar-refractivity contribution in [3.63, 3.8) is 0 Å². The number of esters is 1. The van der Waals surface area contributed by atoms with E-state index in [1.165, 1.54) is 11.8 Å². The zero-order chi connectivity index (χ0) is 27.9. The topological polar surface area (TPSA) is 108 Å². The van der Waals surface area contributed by atoms with Crippen LogP contribution in [0.1, 0.15) is 45.0 Å². The number of carbonyl (C=O) groups excluding carboxylic acids is 4. The van der Waals surface area contributed by atoms with Gasteiger partial charge in [-0.05, 0) is 76.2 Å². The van der Waals surface area contributed by atoms with Gasteiger partial charge in [-0.15, -0.1) is 0 Å². The molecule has 0 radical (unpaired) electrons. The van der Waals surface area contributed by atoms with E-state index in [9.17, 15) is 19.2 Å². The molecule has 1 saturated heterocycles. The largest absolute Gasteiger partial charge is 0.465 e. The molecule has 38 heavy (non-hydrogen) atoms. The minimum Gasteiger partial charge on any atom is -0.465 e. The van der Waals surface area contributed by atoms with Crippen molar-refractivity contribution >= 4 is 40.9 Å². The van der Waals surface area contributed by atoms with Crippen molar-refractivity contribution in [1.82, 2.24) is 4.90 Å². The normalized spacial score (nSPS) is 13.5. The fourth-order valence-corrected chi connectivity index (χ4v) is 3.95. The van der Waals surface area contributed by atoms with Crippen LogP contribution >= 0.6 is 0 Å². The van der Waals surface area contributed by atoms with Crippen molar-refractivity contribution in [2.45, 2.75) is 40.2 Å². The molecule has 1 N–H and O–H groups in total. The maximum atomic E-state index is 12.8. The zero-order valence-electron chi connectivity index (χ0n) is 22.7. The van der Waals surface area contributed by atoms with Crippen LogP contribution in [0.15, 0.2) is 48.5 Å². The maximum absolute atomic E-state index is 12.8. The summed E-state index contributed by atoms with van der Waals surface area (Å²) in [6, 6.07) is 14.0. The summed E-state index contributed by atoms with van der Waals surface area (Å²) in [5.41, 5.74) is 2.03. The van der Waals surface area contributed by atoms with Gasteiger partial charge in [0, 0.05) is 55.7 Å². The quantitative estimate of drug-likeness (QED) is 0.547. The number of carbonyl (C=O) groups is 4. The minimum atomic E-state index is -0.522. The first-order chi connectivity index (χ1) is 18.0. The number of amides is 3. The smallest absolute Gasteiger partial charge is 0.410 e. The van der Waals surface area contributed by atoms with E-state index in [1.807, 2.05) is 32.9 Å². The van der Waals surface area contributed by atoms with Gasteiger partial charge < -0.3 is 29.5 Å². The summed E-state index contributed by atoms with van der Waals surface area (Å²) >= 11 is 0. The minimum absolute atomic E-state index is 0.183. The predicted octanol–water partition coefficient (Wildman–Crippen LogP) is 3.91. The van der Waals surface area contributed by atoms with Crippen LogP contribution in [0, 0.1) is 0 Å². The molecule has 10 heteroatoms. The van der Waals surface area contributed by atoms with Gasteiger partial charge in [-0.3, -0.25) is 14.4 Å². The Kier molecular flexibility index (Phi) is 9.33. The molecule has 1 aliphatic heterocycles. The van der Waals surface area contributed by atoms with Gasteiger partial charge in [-0.1, -0.05) is 0 Å². The van der Waals surface area contributed by atoms with Gasteiger partial charge in [0.2, 0.25) is 5.91 Å². The first-order valence-corrected chi connectivity index (χ1v) is 12.6. The second kappa shape index (κ2) is 12.4. The number of nitrogens with one attached hydrogen (secondary N) is 1. The lowest BCUT2D eigenvalue weighted by Crippen LogP contribution is -2.50. The molecule has 204 valence electrons.